The molecule has 1 aromatic rings. The number of halogens is 7. The SMILES string of the molecule is Brc1ccccc1C[S+]1CCCC1.F[P-](F)(F)(F)(F)F. The van der Waals surface area contributed by atoms with Gasteiger partial charge in [0.15, 0.2) is 0 Å². The average molecular weight is 403 g/mol. The molecule has 0 saturated carbocycles. The van der Waals surface area contributed by atoms with Crippen LogP contribution >= 0.6 is 23.7 Å². The van der Waals surface area contributed by atoms with Gasteiger partial charge in [-0.15, -0.1) is 0 Å². The van der Waals surface area contributed by atoms with E-state index in [1.807, 2.05) is 0 Å². The molecule has 0 bridgehead atoms. The van der Waals surface area contributed by atoms with Crippen LogP contribution in [0.3, 0.4) is 0 Å². The second-order valence-corrected chi connectivity index (χ2v) is 9.52. The van der Waals surface area contributed by atoms with Crippen molar-refractivity contribution in [1.29, 1.82) is 0 Å². The van der Waals surface area contributed by atoms with Gasteiger partial charge in [0.1, 0.15) is 17.3 Å². The van der Waals surface area contributed by atoms with Crippen molar-refractivity contribution >= 4 is 34.6 Å². The van der Waals surface area contributed by atoms with E-state index in [-0.39, 0.29) is 0 Å². The Kier molecular flexibility index (Phi) is 5.15. The molecule has 0 amide bonds. The summed E-state index contributed by atoms with van der Waals surface area (Å²) in [7, 11) is -9.98. The summed E-state index contributed by atoms with van der Waals surface area (Å²) in [6.45, 7) is 0. The van der Waals surface area contributed by atoms with E-state index in [1.165, 1.54) is 40.1 Å². The van der Waals surface area contributed by atoms with E-state index in [4.69, 9.17) is 0 Å². The zero-order chi connectivity index (χ0) is 15.5. The Bertz CT molecular complexity index is 443. The first kappa shape index (κ1) is 18.1. The van der Waals surface area contributed by atoms with Crippen LogP contribution in [0.5, 0.6) is 0 Å². The normalized spacial score (nSPS) is 19.8. The molecular formula is C11H14BrF6PS. The number of hydrogen-bond donors (Lipinski definition) is 0. The Labute approximate surface area is 124 Å². The molecule has 0 aromatic heterocycles. The first-order chi connectivity index (χ1) is 8.81. The summed E-state index contributed by atoms with van der Waals surface area (Å²) in [6.07, 6.45) is 2.90. The predicted octanol–water partition coefficient (Wildman–Crippen LogP) is 6.74. The minimum atomic E-state index is -10.7. The molecule has 118 valence electrons. The van der Waals surface area contributed by atoms with Crippen molar-refractivity contribution < 1.29 is 25.2 Å². The second-order valence-electron chi connectivity index (χ2n) is 4.42. The fourth-order valence-electron chi connectivity index (χ4n) is 1.69. The van der Waals surface area contributed by atoms with Gasteiger partial charge < -0.3 is 0 Å². The molecule has 9 heteroatoms. The van der Waals surface area contributed by atoms with Gasteiger partial charge in [-0.05, 0) is 29.8 Å². The topological polar surface area (TPSA) is 0 Å². The van der Waals surface area contributed by atoms with Gasteiger partial charge in [-0.2, -0.15) is 0 Å². The van der Waals surface area contributed by atoms with E-state index in [0.717, 1.165) is 0 Å². The summed E-state index contributed by atoms with van der Waals surface area (Å²) < 4.78 is 60.5. The first-order valence-electron chi connectivity index (χ1n) is 5.75. The third kappa shape index (κ3) is 10.8. The molecule has 0 unspecified atom stereocenters. The molecule has 2 rings (SSSR count). The van der Waals surface area contributed by atoms with E-state index >= 15 is 0 Å². The van der Waals surface area contributed by atoms with Crippen molar-refractivity contribution in [3.63, 3.8) is 0 Å². The van der Waals surface area contributed by atoms with Crippen LogP contribution < -0.4 is 0 Å². The van der Waals surface area contributed by atoms with E-state index in [1.54, 1.807) is 0 Å². The summed E-state index contributed by atoms with van der Waals surface area (Å²) in [4.78, 5) is 0. The molecule has 1 aliphatic heterocycles. The van der Waals surface area contributed by atoms with Crippen LogP contribution in [0.15, 0.2) is 28.7 Å². The Morgan fingerprint density at radius 2 is 1.40 bits per heavy atom. The summed E-state index contributed by atoms with van der Waals surface area (Å²) >= 11 is 3.61. The van der Waals surface area contributed by atoms with Crippen molar-refractivity contribution in [3.05, 3.63) is 34.3 Å². The van der Waals surface area contributed by atoms with Gasteiger partial charge in [0.2, 0.25) is 0 Å². The zero-order valence-electron chi connectivity index (χ0n) is 10.3. The molecule has 0 nitrogen and oxygen atoms in total. The molecule has 0 spiro atoms. The fourth-order valence-corrected chi connectivity index (χ4v) is 4.71. The Hall–Kier alpha value is 0.0600. The fraction of sp³-hybridized carbons (Fsp3) is 0.455. The molecule has 0 radical (unpaired) electrons. The van der Waals surface area contributed by atoms with Gasteiger partial charge in [-0.3, -0.25) is 0 Å². The van der Waals surface area contributed by atoms with Crippen molar-refractivity contribution in [2.24, 2.45) is 0 Å². The van der Waals surface area contributed by atoms with E-state index in [9.17, 15) is 25.2 Å². The summed E-state index contributed by atoms with van der Waals surface area (Å²) in [5.41, 5.74) is 1.49. The van der Waals surface area contributed by atoms with E-state index < -0.39 is 7.81 Å². The number of hydrogen-bond acceptors (Lipinski definition) is 0. The summed E-state index contributed by atoms with van der Waals surface area (Å²) in [5.74, 6) is 4.21. The minimum absolute atomic E-state index is 0.681. The first-order valence-corrected chi connectivity index (χ1v) is 10.3. The molecule has 0 N–H and O–H groups in total. The van der Waals surface area contributed by atoms with Crippen molar-refractivity contribution in [2.45, 2.75) is 18.6 Å². The van der Waals surface area contributed by atoms with Gasteiger partial charge >= 0.3 is 33.0 Å². The molecule has 1 saturated heterocycles. The van der Waals surface area contributed by atoms with Gasteiger partial charge in [-0.1, -0.05) is 34.1 Å². The molecule has 20 heavy (non-hydrogen) atoms. The molecule has 0 aliphatic carbocycles. The van der Waals surface area contributed by atoms with Gasteiger partial charge in [0.25, 0.3) is 0 Å². The monoisotopic (exact) mass is 402 g/mol. The zero-order valence-corrected chi connectivity index (χ0v) is 13.6. The summed E-state index contributed by atoms with van der Waals surface area (Å²) in [5, 5.41) is 0. The van der Waals surface area contributed by atoms with Crippen LogP contribution in [0.2, 0.25) is 0 Å². The van der Waals surface area contributed by atoms with Gasteiger partial charge in [-0.25, -0.2) is 0 Å². The maximum absolute atomic E-state index is 10.7. The van der Waals surface area contributed by atoms with Crippen LogP contribution in [0.25, 0.3) is 0 Å². The average Bonchev–Trinajstić information content (AvgIpc) is 2.69. The van der Waals surface area contributed by atoms with Crippen molar-refractivity contribution in [1.82, 2.24) is 0 Å². The van der Waals surface area contributed by atoms with Crippen molar-refractivity contribution in [3.8, 4) is 0 Å². The Morgan fingerprint density at radius 3 is 1.85 bits per heavy atom. The third-order valence-electron chi connectivity index (χ3n) is 2.43. The second kappa shape index (κ2) is 5.69. The Morgan fingerprint density at radius 1 is 0.950 bits per heavy atom. The third-order valence-corrected chi connectivity index (χ3v) is 5.66. The Balaban J connectivity index is 0.000000246. The standard InChI is InChI=1S/C11H14BrS.F6P/c12-11-6-2-1-5-10(11)9-13-7-3-4-8-13;1-7(2,3,4,5)6/h1-2,5-6H,3-4,7-9H2;/q+1;-1. The molecule has 1 aliphatic rings. The predicted molar refractivity (Wildman–Crippen MR) is 77.7 cm³/mol. The molecule has 1 aromatic carbocycles. The summed E-state index contributed by atoms with van der Waals surface area (Å²) in [6, 6.07) is 8.62. The van der Waals surface area contributed by atoms with E-state index in [0.29, 0.717) is 10.9 Å². The quantitative estimate of drug-likeness (QED) is 0.291. The van der Waals surface area contributed by atoms with Gasteiger partial charge in [0, 0.05) is 10.0 Å². The van der Waals surface area contributed by atoms with Crippen LogP contribution in [0.4, 0.5) is 25.2 Å². The molecule has 1 heterocycles. The molecule has 0 atom stereocenters. The van der Waals surface area contributed by atoms with Gasteiger partial charge in [0.05, 0.1) is 0 Å². The van der Waals surface area contributed by atoms with Crippen LogP contribution in [-0.4, -0.2) is 11.5 Å². The number of benzene rings is 1. The van der Waals surface area contributed by atoms with E-state index in [2.05, 4.69) is 40.2 Å². The maximum atomic E-state index is 9.87. The van der Waals surface area contributed by atoms with Crippen molar-refractivity contribution in [2.75, 3.05) is 11.5 Å². The number of rotatable bonds is 2. The molecular weight excluding hydrogens is 389 g/mol. The van der Waals surface area contributed by atoms with Crippen LogP contribution in [0.1, 0.15) is 18.4 Å². The van der Waals surface area contributed by atoms with Crippen LogP contribution in [-0.2, 0) is 16.6 Å². The van der Waals surface area contributed by atoms with Crippen LogP contribution in [0, 0.1) is 0 Å². The molecule has 1 fully saturated rings.